The molecule has 1 aliphatic heterocycles. The highest BCUT2D eigenvalue weighted by Gasteiger charge is 2.36. The Bertz CT molecular complexity index is 648. The number of alkyl halides is 3. The minimum absolute atomic E-state index is 0. The topological polar surface area (TPSA) is 57.5 Å². The Morgan fingerprint density at radius 3 is 2.52 bits per heavy atom. The molecule has 0 unspecified atom stereocenters. The normalized spacial score (nSPS) is 16.7. The van der Waals surface area contributed by atoms with E-state index in [1.165, 1.54) is 17.9 Å². The van der Waals surface area contributed by atoms with E-state index in [-0.39, 0.29) is 42.1 Å². The van der Waals surface area contributed by atoms with E-state index in [2.05, 4.69) is 32.2 Å². The Morgan fingerprint density at radius 1 is 1.37 bits per heavy atom. The molecule has 0 amide bonds. The van der Waals surface area contributed by atoms with Gasteiger partial charge in [0, 0.05) is 58.1 Å². The van der Waals surface area contributed by atoms with E-state index in [0.29, 0.717) is 5.96 Å². The standard InChI is InChI=1S/C17H27F3N6.HI/c1-12(2)10-26-7-5-14(6-8-26)23-16(21-3)22-9-13-11-25(4)24-15(13)17(18,19)20;/h11,14H,1,5-10H2,2-4H3,(H2,21,22,23);1H. The summed E-state index contributed by atoms with van der Waals surface area (Å²) in [4.78, 5) is 6.47. The van der Waals surface area contributed by atoms with Crippen molar-refractivity contribution in [3.63, 3.8) is 0 Å². The molecule has 1 aromatic heterocycles. The fraction of sp³-hybridized carbons (Fsp3) is 0.647. The lowest BCUT2D eigenvalue weighted by molar-refractivity contribution is -0.142. The van der Waals surface area contributed by atoms with Crippen molar-refractivity contribution in [1.29, 1.82) is 0 Å². The van der Waals surface area contributed by atoms with Crippen molar-refractivity contribution in [1.82, 2.24) is 25.3 Å². The van der Waals surface area contributed by atoms with Crippen LogP contribution in [-0.4, -0.2) is 53.4 Å². The fourth-order valence-electron chi connectivity index (χ4n) is 3.09. The van der Waals surface area contributed by atoms with Crippen molar-refractivity contribution in [2.45, 2.75) is 38.5 Å². The van der Waals surface area contributed by atoms with Crippen LogP contribution in [0.4, 0.5) is 13.2 Å². The number of aromatic nitrogens is 2. The van der Waals surface area contributed by atoms with Gasteiger partial charge in [-0.2, -0.15) is 18.3 Å². The van der Waals surface area contributed by atoms with Crippen LogP contribution in [0.3, 0.4) is 0 Å². The first-order valence-electron chi connectivity index (χ1n) is 8.62. The van der Waals surface area contributed by atoms with Crippen LogP contribution in [0, 0.1) is 0 Å². The quantitative estimate of drug-likeness (QED) is 0.283. The number of hydrogen-bond acceptors (Lipinski definition) is 3. The molecular weight excluding hydrogens is 472 g/mol. The van der Waals surface area contributed by atoms with Crippen LogP contribution in [0.2, 0.25) is 0 Å². The first-order chi connectivity index (χ1) is 12.2. The molecule has 154 valence electrons. The lowest BCUT2D eigenvalue weighted by Crippen LogP contribution is -2.48. The molecule has 1 aromatic rings. The van der Waals surface area contributed by atoms with Gasteiger partial charge in [0.05, 0.1) is 0 Å². The summed E-state index contributed by atoms with van der Waals surface area (Å²) in [5, 5.41) is 9.77. The van der Waals surface area contributed by atoms with Crippen LogP contribution in [0.5, 0.6) is 0 Å². The number of aliphatic imine (C=N–C) groups is 1. The van der Waals surface area contributed by atoms with Gasteiger partial charge in [-0.3, -0.25) is 14.6 Å². The molecule has 0 spiro atoms. The van der Waals surface area contributed by atoms with Crippen molar-refractivity contribution in [2.75, 3.05) is 26.7 Å². The molecule has 10 heteroatoms. The van der Waals surface area contributed by atoms with Crippen molar-refractivity contribution < 1.29 is 13.2 Å². The van der Waals surface area contributed by atoms with E-state index in [1.807, 2.05) is 6.92 Å². The van der Waals surface area contributed by atoms with Crippen molar-refractivity contribution >= 4 is 29.9 Å². The van der Waals surface area contributed by atoms with Crippen LogP contribution >= 0.6 is 24.0 Å². The van der Waals surface area contributed by atoms with Crippen molar-refractivity contribution in [2.24, 2.45) is 12.0 Å². The van der Waals surface area contributed by atoms with Gasteiger partial charge in [0.2, 0.25) is 0 Å². The summed E-state index contributed by atoms with van der Waals surface area (Å²) >= 11 is 0. The van der Waals surface area contributed by atoms with Gasteiger partial charge in [0.15, 0.2) is 11.7 Å². The number of guanidine groups is 1. The molecule has 0 aromatic carbocycles. The third-order valence-corrected chi connectivity index (χ3v) is 4.26. The highest BCUT2D eigenvalue weighted by Crippen LogP contribution is 2.30. The largest absolute Gasteiger partial charge is 0.435 e. The average Bonchev–Trinajstić information content (AvgIpc) is 2.93. The maximum atomic E-state index is 13.0. The average molecular weight is 500 g/mol. The summed E-state index contributed by atoms with van der Waals surface area (Å²) in [6.07, 6.45) is -1.19. The molecule has 0 radical (unpaired) electrons. The molecule has 0 atom stereocenters. The number of piperidine rings is 1. The zero-order valence-corrected chi connectivity index (χ0v) is 18.3. The summed E-state index contributed by atoms with van der Waals surface area (Å²) < 4.78 is 40.2. The number of hydrogen-bond donors (Lipinski definition) is 2. The fourth-order valence-corrected chi connectivity index (χ4v) is 3.09. The molecule has 1 fully saturated rings. The number of halogens is 4. The number of likely N-dealkylation sites (tertiary alicyclic amines) is 1. The minimum atomic E-state index is -4.47. The predicted molar refractivity (Wildman–Crippen MR) is 111 cm³/mol. The Morgan fingerprint density at radius 2 is 2.00 bits per heavy atom. The van der Waals surface area contributed by atoms with E-state index in [1.54, 1.807) is 7.05 Å². The molecule has 0 aliphatic carbocycles. The lowest BCUT2D eigenvalue weighted by Gasteiger charge is -2.33. The molecule has 6 nitrogen and oxygen atoms in total. The minimum Gasteiger partial charge on any atom is -0.354 e. The van der Waals surface area contributed by atoms with Crippen molar-refractivity contribution in [3.05, 3.63) is 29.6 Å². The Kier molecular flexibility index (Phi) is 9.06. The molecule has 1 saturated heterocycles. The Balaban J connectivity index is 0.00000364. The van der Waals surface area contributed by atoms with Crippen molar-refractivity contribution in [3.8, 4) is 0 Å². The van der Waals surface area contributed by atoms with Crippen LogP contribution < -0.4 is 10.6 Å². The zero-order chi connectivity index (χ0) is 19.3. The summed E-state index contributed by atoms with van der Waals surface area (Å²) in [5.74, 6) is 0.500. The van der Waals surface area contributed by atoms with Gasteiger partial charge in [-0.15, -0.1) is 24.0 Å². The lowest BCUT2D eigenvalue weighted by atomic mass is 10.0. The SMILES string of the molecule is C=C(C)CN1CCC(NC(=NC)NCc2cn(C)nc2C(F)(F)F)CC1.I. The Hall–Kier alpha value is -1.30. The third-order valence-electron chi connectivity index (χ3n) is 4.26. The molecular formula is C17H28F3IN6. The number of aryl methyl sites for hydroxylation is 1. The summed E-state index contributed by atoms with van der Waals surface area (Å²) in [7, 11) is 3.09. The molecule has 1 aliphatic rings. The predicted octanol–water partition coefficient (Wildman–Crippen LogP) is 2.76. The molecule has 2 rings (SSSR count). The molecule has 2 heterocycles. The smallest absolute Gasteiger partial charge is 0.354 e. The summed E-state index contributed by atoms with van der Waals surface area (Å²) in [5.41, 5.74) is 0.376. The van der Waals surface area contributed by atoms with E-state index >= 15 is 0 Å². The van der Waals surface area contributed by atoms with Crippen LogP contribution in [-0.2, 0) is 19.8 Å². The molecule has 0 bridgehead atoms. The maximum absolute atomic E-state index is 13.0. The second-order valence-electron chi connectivity index (χ2n) is 6.75. The van der Waals surface area contributed by atoms with Gasteiger partial charge >= 0.3 is 6.18 Å². The first-order valence-corrected chi connectivity index (χ1v) is 8.62. The summed E-state index contributed by atoms with van der Waals surface area (Å²) in [6, 6.07) is 0.249. The van der Waals surface area contributed by atoms with Crippen LogP contribution in [0.1, 0.15) is 31.0 Å². The second kappa shape index (κ2) is 10.3. The van der Waals surface area contributed by atoms with Gasteiger partial charge in [0.25, 0.3) is 0 Å². The van der Waals surface area contributed by atoms with E-state index in [4.69, 9.17) is 0 Å². The first kappa shape index (κ1) is 23.7. The van der Waals surface area contributed by atoms with Gasteiger partial charge in [-0.25, -0.2) is 0 Å². The van der Waals surface area contributed by atoms with Gasteiger partial charge in [-0.1, -0.05) is 12.2 Å². The van der Waals surface area contributed by atoms with E-state index in [9.17, 15) is 13.2 Å². The molecule has 0 saturated carbocycles. The van der Waals surface area contributed by atoms with Gasteiger partial charge in [0.1, 0.15) is 0 Å². The zero-order valence-electron chi connectivity index (χ0n) is 15.9. The molecule has 2 N–H and O–H groups in total. The third kappa shape index (κ3) is 7.32. The number of nitrogens with one attached hydrogen (secondary N) is 2. The summed E-state index contributed by atoms with van der Waals surface area (Å²) in [6.45, 7) is 8.79. The number of nitrogens with zero attached hydrogens (tertiary/aromatic N) is 4. The maximum Gasteiger partial charge on any atom is 0.435 e. The van der Waals surface area contributed by atoms with E-state index in [0.717, 1.165) is 38.0 Å². The Labute approximate surface area is 175 Å². The van der Waals surface area contributed by atoms with E-state index < -0.39 is 11.9 Å². The second-order valence-corrected chi connectivity index (χ2v) is 6.75. The van der Waals surface area contributed by atoms with Crippen LogP contribution in [0.25, 0.3) is 0 Å². The highest BCUT2D eigenvalue weighted by atomic mass is 127. The highest BCUT2D eigenvalue weighted by molar-refractivity contribution is 14.0. The van der Waals surface area contributed by atoms with Crippen LogP contribution in [0.15, 0.2) is 23.3 Å². The van der Waals surface area contributed by atoms with Gasteiger partial charge < -0.3 is 10.6 Å². The number of rotatable bonds is 5. The molecule has 27 heavy (non-hydrogen) atoms. The van der Waals surface area contributed by atoms with Gasteiger partial charge in [-0.05, 0) is 19.8 Å². The monoisotopic (exact) mass is 500 g/mol.